The fourth-order valence-corrected chi connectivity index (χ4v) is 2.41. The third-order valence-electron chi connectivity index (χ3n) is 3.82. The first-order valence-electron chi connectivity index (χ1n) is 8.25. The fraction of sp³-hybridized carbons (Fsp3) is 0. The second kappa shape index (κ2) is 8.41. The van der Waals surface area contributed by atoms with Gasteiger partial charge in [-0.15, -0.1) is 0 Å². The normalized spacial score (nSPS) is 10.3. The molecule has 3 aromatic carbocycles. The predicted octanol–water partition coefficient (Wildman–Crippen LogP) is 4.41. The first kappa shape index (κ1) is 17.8. The molecule has 0 heterocycles. The number of ketones is 1. The van der Waals surface area contributed by atoms with Crippen molar-refractivity contribution in [3.05, 3.63) is 107 Å². The zero-order valence-corrected chi connectivity index (χ0v) is 14.3. The minimum absolute atomic E-state index is 0.0887. The minimum Gasteiger partial charge on any atom is -0.423 e. The van der Waals surface area contributed by atoms with E-state index in [0.29, 0.717) is 22.4 Å². The van der Waals surface area contributed by atoms with E-state index in [9.17, 15) is 9.59 Å². The molecule has 0 bridgehead atoms. The highest BCUT2D eigenvalue weighted by molar-refractivity contribution is 6.09. The average Bonchev–Trinajstić information content (AvgIpc) is 2.73. The number of carbonyl (C=O) groups is 2. The largest absolute Gasteiger partial charge is 0.423 e. The quantitative estimate of drug-likeness (QED) is 0.295. The number of benzene rings is 3. The lowest BCUT2D eigenvalue weighted by Gasteiger charge is -2.04. The van der Waals surface area contributed by atoms with Gasteiger partial charge in [0.1, 0.15) is 5.75 Å². The van der Waals surface area contributed by atoms with Gasteiger partial charge in [-0.1, -0.05) is 42.5 Å². The highest BCUT2D eigenvalue weighted by Gasteiger charge is 2.09. The van der Waals surface area contributed by atoms with Crippen molar-refractivity contribution in [2.75, 3.05) is 0 Å². The van der Waals surface area contributed by atoms with Crippen molar-refractivity contribution in [2.24, 2.45) is 0 Å². The van der Waals surface area contributed by atoms with Gasteiger partial charge in [0, 0.05) is 17.2 Å². The van der Waals surface area contributed by atoms with Crippen LogP contribution in [-0.2, 0) is 4.79 Å². The molecule has 0 amide bonds. The van der Waals surface area contributed by atoms with Crippen molar-refractivity contribution in [1.82, 2.24) is 0 Å². The topological polar surface area (TPSA) is 67.2 Å². The maximum atomic E-state index is 12.3. The van der Waals surface area contributed by atoms with Crippen LogP contribution >= 0.6 is 0 Å². The molecular weight excluding hydrogens is 338 g/mol. The van der Waals surface area contributed by atoms with Crippen molar-refractivity contribution < 1.29 is 14.3 Å². The zero-order chi connectivity index (χ0) is 19.1. The summed E-state index contributed by atoms with van der Waals surface area (Å²) in [6.45, 7) is 0. The SMILES string of the molecule is N#Cc1ccc(/C=C/C(=O)Oc2ccc(C(=O)c3ccccc3)cc2)cc1. The Morgan fingerprint density at radius 1 is 0.815 bits per heavy atom. The summed E-state index contributed by atoms with van der Waals surface area (Å²) in [4.78, 5) is 24.3. The van der Waals surface area contributed by atoms with Gasteiger partial charge in [-0.3, -0.25) is 4.79 Å². The van der Waals surface area contributed by atoms with Crippen LogP contribution in [0.3, 0.4) is 0 Å². The van der Waals surface area contributed by atoms with Crippen LogP contribution in [0.25, 0.3) is 6.08 Å². The molecule has 0 aliphatic carbocycles. The third-order valence-corrected chi connectivity index (χ3v) is 3.82. The monoisotopic (exact) mass is 353 g/mol. The molecule has 0 aliphatic heterocycles. The molecule has 27 heavy (non-hydrogen) atoms. The Hall–Kier alpha value is -3.97. The van der Waals surface area contributed by atoms with E-state index in [1.54, 1.807) is 66.7 Å². The van der Waals surface area contributed by atoms with Crippen molar-refractivity contribution in [3.8, 4) is 11.8 Å². The van der Waals surface area contributed by atoms with Gasteiger partial charge in [0.2, 0.25) is 0 Å². The third kappa shape index (κ3) is 4.77. The van der Waals surface area contributed by atoms with Gasteiger partial charge in [0.05, 0.1) is 11.6 Å². The summed E-state index contributed by atoms with van der Waals surface area (Å²) in [6.07, 6.45) is 2.92. The van der Waals surface area contributed by atoms with Crippen LogP contribution < -0.4 is 4.74 Å². The number of nitrogens with zero attached hydrogens (tertiary/aromatic N) is 1. The van der Waals surface area contributed by atoms with E-state index in [2.05, 4.69) is 0 Å². The average molecular weight is 353 g/mol. The number of ether oxygens (including phenoxy) is 1. The van der Waals surface area contributed by atoms with Gasteiger partial charge >= 0.3 is 5.97 Å². The number of hydrogen-bond donors (Lipinski definition) is 0. The van der Waals surface area contributed by atoms with E-state index in [1.165, 1.54) is 6.08 Å². The summed E-state index contributed by atoms with van der Waals surface area (Å²) in [5.74, 6) is -0.259. The summed E-state index contributed by atoms with van der Waals surface area (Å²) >= 11 is 0. The summed E-state index contributed by atoms with van der Waals surface area (Å²) < 4.78 is 5.23. The fourth-order valence-electron chi connectivity index (χ4n) is 2.41. The van der Waals surface area contributed by atoms with Crippen LogP contribution in [-0.4, -0.2) is 11.8 Å². The van der Waals surface area contributed by atoms with Crippen molar-refractivity contribution in [1.29, 1.82) is 5.26 Å². The molecule has 4 nitrogen and oxygen atoms in total. The lowest BCUT2D eigenvalue weighted by atomic mass is 10.0. The number of carbonyl (C=O) groups excluding carboxylic acids is 2. The lowest BCUT2D eigenvalue weighted by Crippen LogP contribution is -2.05. The summed E-state index contributed by atoms with van der Waals surface area (Å²) in [7, 11) is 0. The predicted molar refractivity (Wildman–Crippen MR) is 102 cm³/mol. The summed E-state index contributed by atoms with van der Waals surface area (Å²) in [6, 6.07) is 24.3. The van der Waals surface area contributed by atoms with E-state index >= 15 is 0 Å². The highest BCUT2D eigenvalue weighted by Crippen LogP contribution is 2.16. The Bertz CT molecular complexity index is 1010. The molecule has 4 heteroatoms. The van der Waals surface area contributed by atoms with Gasteiger partial charge in [0.15, 0.2) is 5.78 Å². The molecule has 0 N–H and O–H groups in total. The molecule has 3 rings (SSSR count). The molecule has 0 radical (unpaired) electrons. The Morgan fingerprint density at radius 3 is 2.07 bits per heavy atom. The number of esters is 1. The highest BCUT2D eigenvalue weighted by atomic mass is 16.5. The molecule has 130 valence electrons. The molecule has 0 saturated heterocycles. The Labute approximate surface area is 157 Å². The first-order chi connectivity index (χ1) is 13.2. The molecule has 0 fully saturated rings. The van der Waals surface area contributed by atoms with Gasteiger partial charge in [-0.2, -0.15) is 5.26 Å². The Balaban J connectivity index is 1.62. The molecule has 0 spiro atoms. The molecule has 3 aromatic rings. The molecule has 0 unspecified atom stereocenters. The van der Waals surface area contributed by atoms with Crippen LogP contribution in [0.2, 0.25) is 0 Å². The Morgan fingerprint density at radius 2 is 1.44 bits per heavy atom. The Kier molecular flexibility index (Phi) is 5.56. The van der Waals surface area contributed by atoms with Crippen LogP contribution in [0.1, 0.15) is 27.0 Å². The van der Waals surface area contributed by atoms with Gasteiger partial charge < -0.3 is 4.74 Å². The molecule has 0 saturated carbocycles. The van der Waals surface area contributed by atoms with E-state index in [1.807, 2.05) is 24.3 Å². The minimum atomic E-state index is -0.526. The number of hydrogen-bond acceptors (Lipinski definition) is 4. The number of rotatable bonds is 5. The molecule has 0 aromatic heterocycles. The zero-order valence-electron chi connectivity index (χ0n) is 14.3. The van der Waals surface area contributed by atoms with Crippen molar-refractivity contribution >= 4 is 17.8 Å². The summed E-state index contributed by atoms with van der Waals surface area (Å²) in [5, 5.41) is 8.77. The maximum absolute atomic E-state index is 12.3. The number of nitriles is 1. The molecule has 0 atom stereocenters. The smallest absolute Gasteiger partial charge is 0.336 e. The van der Waals surface area contributed by atoms with Crippen LogP contribution in [0.15, 0.2) is 84.9 Å². The van der Waals surface area contributed by atoms with Crippen molar-refractivity contribution in [2.45, 2.75) is 0 Å². The van der Waals surface area contributed by atoms with Crippen LogP contribution in [0.4, 0.5) is 0 Å². The van der Waals surface area contributed by atoms with E-state index in [-0.39, 0.29) is 5.78 Å². The van der Waals surface area contributed by atoms with Crippen molar-refractivity contribution in [3.63, 3.8) is 0 Å². The van der Waals surface area contributed by atoms with Gasteiger partial charge in [-0.05, 0) is 48.0 Å². The first-order valence-corrected chi connectivity index (χ1v) is 8.25. The standard InChI is InChI=1S/C23H15NO3/c24-16-18-8-6-17(7-9-18)10-15-22(25)27-21-13-11-20(12-14-21)23(26)19-4-2-1-3-5-19/h1-15H/b15-10+. The van der Waals surface area contributed by atoms with E-state index in [4.69, 9.17) is 10.00 Å². The second-order valence-corrected chi connectivity index (χ2v) is 5.71. The van der Waals surface area contributed by atoms with Crippen LogP contribution in [0, 0.1) is 11.3 Å². The lowest BCUT2D eigenvalue weighted by molar-refractivity contribution is -0.128. The second-order valence-electron chi connectivity index (χ2n) is 5.71. The molecule has 0 aliphatic rings. The van der Waals surface area contributed by atoms with E-state index in [0.717, 1.165) is 5.56 Å². The van der Waals surface area contributed by atoms with E-state index < -0.39 is 5.97 Å². The van der Waals surface area contributed by atoms with Crippen LogP contribution in [0.5, 0.6) is 5.75 Å². The molecular formula is C23H15NO3. The summed E-state index contributed by atoms with van der Waals surface area (Å²) in [5.41, 5.74) is 2.47. The van der Waals surface area contributed by atoms with Gasteiger partial charge in [0.25, 0.3) is 0 Å². The maximum Gasteiger partial charge on any atom is 0.336 e. The van der Waals surface area contributed by atoms with Gasteiger partial charge in [-0.25, -0.2) is 4.79 Å².